The molecule has 10 heterocycles. The average Bonchev–Trinajstić information content (AvgIpc) is 3.50. The fourth-order valence-corrected chi connectivity index (χ4v) is 7.37. The van der Waals surface area contributed by atoms with Crippen molar-refractivity contribution < 1.29 is 0 Å². The standard InChI is InChI=1S/C12H11N.2C11H10N2.3C10H9N3/c1-10-6-5-9-12(13-10)11-7-3-2-4-8-11;1-9-5-4-7-11(13-9)10-6-2-3-8-12-10;1-9-11(7-12-8-13-9)10-5-3-2-4-6-10;1-8-10(6-12-7-13-8)9-2-4-11-5-3-9;1-8-10(6-12-7-13-8)9-3-2-4-11-5-9;1-8-9(6-11-7-13-8)10-4-2-3-5-12-10/h2-9H,1H3;2*2-8H,1H3;3*2-7H,1H3. The van der Waals surface area contributed by atoms with Crippen molar-refractivity contribution in [3.8, 4) is 67.3 Å². The molecule has 0 saturated carbocycles. The van der Waals surface area contributed by atoms with Crippen LogP contribution in [-0.4, -0.2) is 69.8 Å². The van der Waals surface area contributed by atoms with E-state index in [1.807, 2.05) is 194 Å². The van der Waals surface area contributed by atoms with E-state index in [4.69, 9.17) is 0 Å². The van der Waals surface area contributed by atoms with Crippen LogP contribution in [0.15, 0.2) is 245 Å². The van der Waals surface area contributed by atoms with Gasteiger partial charge in [0.15, 0.2) is 0 Å². The zero-order chi connectivity index (χ0) is 54.6. The topological polar surface area (TPSA) is 180 Å². The van der Waals surface area contributed by atoms with Crippen LogP contribution in [-0.2, 0) is 0 Å². The van der Waals surface area contributed by atoms with Crippen molar-refractivity contribution in [2.45, 2.75) is 41.5 Å². The zero-order valence-electron chi connectivity index (χ0n) is 44.4. The van der Waals surface area contributed by atoms with Gasteiger partial charge in [-0.1, -0.05) is 91.0 Å². The zero-order valence-corrected chi connectivity index (χ0v) is 44.4. The second-order valence-corrected chi connectivity index (χ2v) is 17.1. The maximum Gasteiger partial charge on any atom is 0.115 e. The molecule has 0 unspecified atom stereocenters. The largest absolute Gasteiger partial charge is 0.265 e. The smallest absolute Gasteiger partial charge is 0.115 e. The van der Waals surface area contributed by atoms with E-state index in [9.17, 15) is 0 Å². The Morgan fingerprint density at radius 3 is 1.10 bits per heavy atom. The van der Waals surface area contributed by atoms with Crippen LogP contribution in [0.3, 0.4) is 0 Å². The lowest BCUT2D eigenvalue weighted by Gasteiger charge is -2.02. The summed E-state index contributed by atoms with van der Waals surface area (Å²) >= 11 is 0. The molecule has 0 aliphatic carbocycles. The number of pyridine rings is 6. The van der Waals surface area contributed by atoms with Crippen molar-refractivity contribution >= 4 is 0 Å². The van der Waals surface area contributed by atoms with Gasteiger partial charge in [-0.05, 0) is 119 Å². The molecule has 78 heavy (non-hydrogen) atoms. The van der Waals surface area contributed by atoms with Gasteiger partial charge >= 0.3 is 0 Å². The molecule has 0 aliphatic heterocycles. The summed E-state index contributed by atoms with van der Waals surface area (Å²) in [5.41, 5.74) is 18.5. The highest BCUT2D eigenvalue weighted by Crippen LogP contribution is 2.22. The quantitative estimate of drug-likeness (QED) is 0.153. The molecule has 12 aromatic rings. The molecule has 0 radical (unpaired) electrons. The summed E-state index contributed by atoms with van der Waals surface area (Å²) in [5.74, 6) is 0. The van der Waals surface area contributed by atoms with E-state index in [0.29, 0.717) is 0 Å². The van der Waals surface area contributed by atoms with E-state index in [1.165, 1.54) is 11.1 Å². The molecule has 2 aromatic carbocycles. The summed E-state index contributed by atoms with van der Waals surface area (Å²) in [4.78, 5) is 57.7. The van der Waals surface area contributed by atoms with Crippen molar-refractivity contribution in [1.29, 1.82) is 0 Å². The minimum absolute atomic E-state index is 0.917. The highest BCUT2D eigenvalue weighted by atomic mass is 14.8. The summed E-state index contributed by atoms with van der Waals surface area (Å²) in [7, 11) is 0. The third kappa shape index (κ3) is 17.4. The predicted molar refractivity (Wildman–Crippen MR) is 309 cm³/mol. The maximum atomic E-state index is 4.44. The second-order valence-electron chi connectivity index (χ2n) is 17.1. The Morgan fingerprint density at radius 2 is 0.641 bits per heavy atom. The normalized spacial score (nSPS) is 9.92. The van der Waals surface area contributed by atoms with Crippen LogP contribution in [0.25, 0.3) is 67.3 Å². The maximum absolute atomic E-state index is 4.44. The third-order valence-electron chi connectivity index (χ3n) is 11.4. The highest BCUT2D eigenvalue weighted by Gasteiger charge is 2.05. The van der Waals surface area contributed by atoms with Gasteiger partial charge in [0.2, 0.25) is 0 Å². The lowest BCUT2D eigenvalue weighted by molar-refractivity contribution is 1.10. The minimum atomic E-state index is 0.917. The molecule has 0 spiro atoms. The molecule has 14 nitrogen and oxygen atoms in total. The van der Waals surface area contributed by atoms with Crippen LogP contribution in [0, 0.1) is 41.5 Å². The fraction of sp³-hybridized carbons (Fsp3) is 0.0938. The van der Waals surface area contributed by atoms with Crippen molar-refractivity contribution in [2.75, 3.05) is 0 Å². The van der Waals surface area contributed by atoms with Crippen molar-refractivity contribution in [3.63, 3.8) is 0 Å². The van der Waals surface area contributed by atoms with E-state index in [0.717, 1.165) is 90.3 Å². The van der Waals surface area contributed by atoms with Crippen molar-refractivity contribution in [2.24, 2.45) is 0 Å². The lowest BCUT2D eigenvalue weighted by atomic mass is 10.1. The molecule has 0 N–H and O–H groups in total. The lowest BCUT2D eigenvalue weighted by Crippen LogP contribution is -1.90. The Bertz CT molecular complexity index is 3230. The van der Waals surface area contributed by atoms with Crippen LogP contribution in [0.4, 0.5) is 0 Å². The summed E-state index contributed by atoms with van der Waals surface area (Å²) < 4.78 is 0. The first-order chi connectivity index (χ1) is 38.2. The van der Waals surface area contributed by atoms with Gasteiger partial charge in [-0.25, -0.2) is 39.9 Å². The van der Waals surface area contributed by atoms with Gasteiger partial charge in [-0.2, -0.15) is 0 Å². The molecule has 0 fully saturated rings. The number of hydrogen-bond acceptors (Lipinski definition) is 14. The van der Waals surface area contributed by atoms with Gasteiger partial charge in [0.25, 0.3) is 0 Å². The molecule has 10 aromatic heterocycles. The van der Waals surface area contributed by atoms with E-state index in [-0.39, 0.29) is 0 Å². The van der Waals surface area contributed by atoms with E-state index in [1.54, 1.807) is 68.7 Å². The Hall–Kier alpha value is -10.3. The van der Waals surface area contributed by atoms with Gasteiger partial charge in [0.1, 0.15) is 25.3 Å². The summed E-state index contributed by atoms with van der Waals surface area (Å²) in [6, 6.07) is 51.8. The number of nitrogens with zero attached hydrogens (tertiary/aromatic N) is 14. The molecule has 14 heteroatoms. The predicted octanol–water partition coefficient (Wildman–Crippen LogP) is 13.5. The first kappa shape index (κ1) is 55.4. The number of benzene rings is 2. The van der Waals surface area contributed by atoms with Crippen LogP contribution < -0.4 is 0 Å². The Morgan fingerprint density at radius 1 is 0.231 bits per heavy atom. The fourth-order valence-electron chi connectivity index (χ4n) is 7.37. The summed E-state index contributed by atoms with van der Waals surface area (Å²) in [6.45, 7) is 11.9. The van der Waals surface area contributed by atoms with E-state index in [2.05, 4.69) is 94.0 Å². The molecule has 0 aliphatic rings. The Kier molecular flexibility index (Phi) is 21.4. The molecular weight excluding hydrogens is 965 g/mol. The van der Waals surface area contributed by atoms with Gasteiger partial charge in [0, 0.05) is 124 Å². The molecule has 0 bridgehead atoms. The van der Waals surface area contributed by atoms with E-state index < -0.39 is 0 Å². The van der Waals surface area contributed by atoms with Crippen molar-refractivity contribution in [3.05, 3.63) is 279 Å². The SMILES string of the molecule is Cc1cccc(-c2ccccc2)n1.Cc1cccc(-c2ccccn2)n1.Cc1ncncc1-c1ccccc1.Cc1ncncc1-c1ccccn1.Cc1ncncc1-c1cccnc1.Cc1ncncc1-c1ccncc1. The first-order valence-corrected chi connectivity index (χ1v) is 24.9. The van der Waals surface area contributed by atoms with Gasteiger partial charge < -0.3 is 0 Å². The first-order valence-electron chi connectivity index (χ1n) is 24.9. The van der Waals surface area contributed by atoms with Gasteiger partial charge in [-0.3, -0.25) is 29.9 Å². The van der Waals surface area contributed by atoms with Crippen LogP contribution in [0.2, 0.25) is 0 Å². The van der Waals surface area contributed by atoms with Crippen molar-refractivity contribution in [1.82, 2.24) is 69.8 Å². The minimum Gasteiger partial charge on any atom is -0.265 e. The monoisotopic (exact) mass is 1020 g/mol. The van der Waals surface area contributed by atoms with E-state index >= 15 is 0 Å². The van der Waals surface area contributed by atoms with Crippen LogP contribution >= 0.6 is 0 Å². The number of rotatable bonds is 6. The second kappa shape index (κ2) is 30.1. The molecule has 0 saturated heterocycles. The highest BCUT2D eigenvalue weighted by molar-refractivity contribution is 5.66. The molecule has 0 atom stereocenters. The Balaban J connectivity index is 0.000000136. The summed E-state index contributed by atoms with van der Waals surface area (Å²) in [6.07, 6.45) is 24.1. The van der Waals surface area contributed by atoms with Gasteiger partial charge in [0.05, 0.1) is 28.5 Å². The van der Waals surface area contributed by atoms with Gasteiger partial charge in [-0.15, -0.1) is 0 Å². The number of aromatic nitrogens is 14. The third-order valence-corrected chi connectivity index (χ3v) is 11.4. The summed E-state index contributed by atoms with van der Waals surface area (Å²) in [5, 5.41) is 0. The molecular formula is C64H58N14. The molecule has 0 amide bonds. The number of hydrogen-bond donors (Lipinski definition) is 0. The molecule has 12 rings (SSSR count). The Labute approximate surface area is 455 Å². The number of aryl methyl sites for hydroxylation is 6. The molecule has 384 valence electrons. The van der Waals surface area contributed by atoms with Crippen LogP contribution in [0.1, 0.15) is 34.2 Å². The van der Waals surface area contributed by atoms with Crippen LogP contribution in [0.5, 0.6) is 0 Å². The average molecular weight is 1020 g/mol.